The quantitative estimate of drug-likeness (QED) is 0.854. The second-order valence-electron chi connectivity index (χ2n) is 5.70. The number of alkyl halides is 1. The maximum atomic E-state index is 14.2. The molecule has 0 aliphatic heterocycles. The summed E-state index contributed by atoms with van der Waals surface area (Å²) in [5.41, 5.74) is -0.937. The highest BCUT2D eigenvalue weighted by atomic mass is 79.9. The third-order valence-corrected chi connectivity index (χ3v) is 4.49. The molecule has 1 saturated carbocycles. The third kappa shape index (κ3) is 3.08. The standard InChI is InChI=1S/C15H13BrF2N4O2/c16-11-3-4-12(21-20-11)22(14(23)24)8-15(6-9(17)7-15)13-10(18)2-1-5-19-13/h1-5,9H,6-8H2,(H,23,24). The number of nitrogens with zero attached hydrogens (tertiary/aromatic N) is 4. The molecule has 1 aliphatic carbocycles. The monoisotopic (exact) mass is 398 g/mol. The van der Waals surface area contributed by atoms with Crippen LogP contribution in [0.15, 0.2) is 35.1 Å². The van der Waals surface area contributed by atoms with Gasteiger partial charge in [-0.05, 0) is 53.0 Å². The molecule has 0 unspecified atom stereocenters. The minimum absolute atomic E-state index is 0.00860. The Labute approximate surface area is 144 Å². The van der Waals surface area contributed by atoms with E-state index in [0.717, 1.165) is 4.90 Å². The fourth-order valence-electron chi connectivity index (χ4n) is 2.96. The van der Waals surface area contributed by atoms with Crippen LogP contribution < -0.4 is 4.90 Å². The molecule has 1 amide bonds. The van der Waals surface area contributed by atoms with E-state index in [0.29, 0.717) is 4.60 Å². The molecule has 1 aliphatic rings. The molecule has 0 bridgehead atoms. The Morgan fingerprint density at radius 1 is 1.38 bits per heavy atom. The number of aromatic nitrogens is 3. The van der Waals surface area contributed by atoms with Gasteiger partial charge in [0, 0.05) is 18.2 Å². The molecule has 126 valence electrons. The molecule has 6 nitrogen and oxygen atoms in total. The molecule has 0 atom stereocenters. The van der Waals surface area contributed by atoms with Crippen LogP contribution in [0.1, 0.15) is 18.5 Å². The lowest BCUT2D eigenvalue weighted by molar-refractivity contribution is 0.0901. The molecular weight excluding hydrogens is 386 g/mol. The minimum atomic E-state index is -1.27. The average Bonchev–Trinajstić information content (AvgIpc) is 2.51. The Hall–Kier alpha value is -2.16. The van der Waals surface area contributed by atoms with Crippen molar-refractivity contribution >= 4 is 27.8 Å². The normalized spacial score (nSPS) is 22.7. The van der Waals surface area contributed by atoms with Gasteiger partial charge in [-0.15, -0.1) is 10.2 Å². The third-order valence-electron chi connectivity index (χ3n) is 4.07. The molecule has 1 fully saturated rings. The summed E-state index contributed by atoms with van der Waals surface area (Å²) in [7, 11) is 0. The molecule has 24 heavy (non-hydrogen) atoms. The number of amides is 1. The Morgan fingerprint density at radius 3 is 2.67 bits per heavy atom. The molecule has 1 N–H and O–H groups in total. The van der Waals surface area contributed by atoms with Crippen LogP contribution in [0.25, 0.3) is 0 Å². The zero-order chi connectivity index (χ0) is 17.3. The average molecular weight is 399 g/mol. The zero-order valence-corrected chi connectivity index (χ0v) is 13.9. The van der Waals surface area contributed by atoms with Gasteiger partial charge in [0.1, 0.15) is 16.6 Å². The van der Waals surface area contributed by atoms with Crippen molar-refractivity contribution < 1.29 is 18.7 Å². The molecule has 0 spiro atoms. The van der Waals surface area contributed by atoms with Gasteiger partial charge in [-0.1, -0.05) is 0 Å². The Morgan fingerprint density at radius 2 is 2.12 bits per heavy atom. The van der Waals surface area contributed by atoms with E-state index in [9.17, 15) is 18.7 Å². The van der Waals surface area contributed by atoms with Gasteiger partial charge in [0.25, 0.3) is 0 Å². The molecule has 0 aromatic carbocycles. The van der Waals surface area contributed by atoms with Crippen LogP contribution in [0.4, 0.5) is 19.4 Å². The molecule has 9 heteroatoms. The fourth-order valence-corrected chi connectivity index (χ4v) is 3.18. The maximum Gasteiger partial charge on any atom is 0.413 e. The highest BCUT2D eigenvalue weighted by Gasteiger charge is 2.50. The molecule has 2 aromatic rings. The minimum Gasteiger partial charge on any atom is -0.465 e. The Balaban J connectivity index is 1.96. The second-order valence-corrected chi connectivity index (χ2v) is 6.52. The van der Waals surface area contributed by atoms with Gasteiger partial charge in [-0.25, -0.2) is 13.6 Å². The first-order chi connectivity index (χ1) is 11.4. The summed E-state index contributed by atoms with van der Waals surface area (Å²) >= 11 is 3.12. The predicted molar refractivity (Wildman–Crippen MR) is 85.1 cm³/mol. The van der Waals surface area contributed by atoms with E-state index in [1.807, 2.05) is 0 Å². The van der Waals surface area contributed by atoms with Crippen LogP contribution in [0.3, 0.4) is 0 Å². The second kappa shape index (κ2) is 6.39. The fraction of sp³-hybridized carbons (Fsp3) is 0.333. The number of carboxylic acid groups (broad SMARTS) is 1. The smallest absolute Gasteiger partial charge is 0.413 e. The van der Waals surface area contributed by atoms with E-state index in [1.165, 1.54) is 24.4 Å². The van der Waals surface area contributed by atoms with Crippen molar-refractivity contribution in [3.8, 4) is 0 Å². The summed E-state index contributed by atoms with van der Waals surface area (Å²) in [6, 6.07) is 5.69. The van der Waals surface area contributed by atoms with Crippen LogP contribution in [-0.4, -0.2) is 39.1 Å². The Bertz CT molecular complexity index is 753. The Kier molecular flexibility index (Phi) is 4.44. The number of halogens is 3. The summed E-state index contributed by atoms with van der Waals surface area (Å²) in [6.45, 7) is -0.146. The van der Waals surface area contributed by atoms with E-state index in [4.69, 9.17) is 0 Å². The van der Waals surface area contributed by atoms with Crippen molar-refractivity contribution in [1.82, 2.24) is 15.2 Å². The lowest BCUT2D eigenvalue weighted by Gasteiger charge is -2.45. The van der Waals surface area contributed by atoms with Gasteiger partial charge in [-0.3, -0.25) is 9.88 Å². The van der Waals surface area contributed by atoms with Crippen molar-refractivity contribution in [2.75, 3.05) is 11.4 Å². The summed E-state index contributed by atoms with van der Waals surface area (Å²) in [5, 5.41) is 17.1. The molecule has 3 rings (SSSR count). The molecule has 0 saturated heterocycles. The first kappa shape index (κ1) is 16.7. The molecular formula is C15H13BrF2N4O2. The van der Waals surface area contributed by atoms with Gasteiger partial charge in [0.05, 0.1) is 5.69 Å². The summed E-state index contributed by atoms with van der Waals surface area (Å²) in [4.78, 5) is 16.6. The van der Waals surface area contributed by atoms with Gasteiger partial charge in [-0.2, -0.15) is 0 Å². The summed E-state index contributed by atoms with van der Waals surface area (Å²) in [6.07, 6.45) is -0.956. The number of hydrogen-bond acceptors (Lipinski definition) is 4. The van der Waals surface area contributed by atoms with Crippen LogP contribution >= 0.6 is 15.9 Å². The van der Waals surface area contributed by atoms with E-state index in [2.05, 4.69) is 31.1 Å². The lowest BCUT2D eigenvalue weighted by atomic mass is 9.64. The number of anilines is 1. The van der Waals surface area contributed by atoms with E-state index in [1.54, 1.807) is 6.07 Å². The van der Waals surface area contributed by atoms with Gasteiger partial charge >= 0.3 is 6.09 Å². The molecule has 0 radical (unpaired) electrons. The van der Waals surface area contributed by atoms with Crippen molar-refractivity contribution in [1.29, 1.82) is 0 Å². The van der Waals surface area contributed by atoms with Gasteiger partial charge in [0.15, 0.2) is 5.82 Å². The highest BCUT2D eigenvalue weighted by Crippen LogP contribution is 2.46. The topological polar surface area (TPSA) is 79.2 Å². The van der Waals surface area contributed by atoms with E-state index < -0.39 is 23.5 Å². The van der Waals surface area contributed by atoms with Crippen LogP contribution in [0, 0.1) is 5.82 Å². The van der Waals surface area contributed by atoms with Crippen molar-refractivity contribution in [3.63, 3.8) is 0 Å². The number of hydrogen-bond donors (Lipinski definition) is 1. The van der Waals surface area contributed by atoms with Crippen LogP contribution in [0.5, 0.6) is 0 Å². The highest BCUT2D eigenvalue weighted by molar-refractivity contribution is 9.10. The predicted octanol–water partition coefficient (Wildman–Crippen LogP) is 3.33. The van der Waals surface area contributed by atoms with E-state index in [-0.39, 0.29) is 30.9 Å². The first-order valence-electron chi connectivity index (χ1n) is 7.16. The van der Waals surface area contributed by atoms with Crippen LogP contribution in [0.2, 0.25) is 0 Å². The molecule has 2 aromatic heterocycles. The number of pyridine rings is 1. The first-order valence-corrected chi connectivity index (χ1v) is 7.95. The SMILES string of the molecule is O=C(O)N(CC1(c2ncccc2F)CC(F)C1)c1ccc(Br)nn1. The summed E-state index contributed by atoms with van der Waals surface area (Å²) in [5.74, 6) is -0.486. The zero-order valence-electron chi connectivity index (χ0n) is 12.4. The van der Waals surface area contributed by atoms with Crippen LogP contribution in [-0.2, 0) is 5.41 Å². The maximum absolute atomic E-state index is 14.2. The van der Waals surface area contributed by atoms with E-state index >= 15 is 0 Å². The summed E-state index contributed by atoms with van der Waals surface area (Å²) < 4.78 is 28.2. The van der Waals surface area contributed by atoms with Gasteiger partial charge < -0.3 is 5.11 Å². The van der Waals surface area contributed by atoms with Gasteiger partial charge in [0.2, 0.25) is 0 Å². The lowest BCUT2D eigenvalue weighted by Crippen LogP contribution is -2.53. The number of carbonyl (C=O) groups is 1. The van der Waals surface area contributed by atoms with Crippen molar-refractivity contribution in [3.05, 3.63) is 46.6 Å². The largest absolute Gasteiger partial charge is 0.465 e. The number of rotatable bonds is 4. The molecule has 2 heterocycles. The van der Waals surface area contributed by atoms with Crippen molar-refractivity contribution in [2.24, 2.45) is 0 Å². The van der Waals surface area contributed by atoms with Crippen molar-refractivity contribution in [2.45, 2.75) is 24.4 Å².